The lowest BCUT2D eigenvalue weighted by Gasteiger charge is -2.06. The third-order valence-electron chi connectivity index (χ3n) is 3.65. The number of aromatic nitrogens is 1. The van der Waals surface area contributed by atoms with Crippen LogP contribution >= 0.6 is 11.3 Å². The molecule has 1 aromatic carbocycles. The van der Waals surface area contributed by atoms with E-state index in [0.717, 1.165) is 12.1 Å². The van der Waals surface area contributed by atoms with Gasteiger partial charge in [0.2, 0.25) is 5.91 Å². The van der Waals surface area contributed by atoms with Gasteiger partial charge in [-0.15, -0.1) is 11.3 Å². The fourth-order valence-corrected chi connectivity index (χ4v) is 3.31. The van der Waals surface area contributed by atoms with Crippen molar-refractivity contribution in [3.05, 3.63) is 45.4 Å². The summed E-state index contributed by atoms with van der Waals surface area (Å²) in [6, 6.07) is 7.80. The Hall–Kier alpha value is -2.21. The van der Waals surface area contributed by atoms with Crippen molar-refractivity contribution in [1.29, 1.82) is 0 Å². The average molecular weight is 359 g/mol. The number of carbonyl (C=O) groups is 2. The quantitative estimate of drug-likeness (QED) is 0.794. The van der Waals surface area contributed by atoms with Gasteiger partial charge in [-0.1, -0.05) is 32.9 Å². The highest BCUT2D eigenvalue weighted by Gasteiger charge is 2.17. The first kappa shape index (κ1) is 19.1. The average Bonchev–Trinajstić information content (AvgIpc) is 2.92. The summed E-state index contributed by atoms with van der Waals surface area (Å²) in [6.07, 6.45) is 1.09. The summed E-state index contributed by atoms with van der Waals surface area (Å²) in [5.74, 6) is 0.142. The standard InChI is InChI=1S/C19H25N3O2S/c1-5-14-7-6-8-15(9-14)22-16(23)10-17-21-13(4)18(25-17)19(24)20-11-12(2)3/h6-9,12H,5,10-11H2,1-4H3,(H,20,24)(H,22,23). The number of nitrogens with zero attached hydrogens (tertiary/aromatic N) is 1. The SMILES string of the molecule is CCc1cccc(NC(=O)Cc2nc(C)c(C(=O)NCC(C)C)s2)c1. The van der Waals surface area contributed by atoms with Gasteiger partial charge >= 0.3 is 0 Å². The fraction of sp³-hybridized carbons (Fsp3) is 0.421. The van der Waals surface area contributed by atoms with Crippen molar-refractivity contribution < 1.29 is 9.59 Å². The summed E-state index contributed by atoms with van der Waals surface area (Å²) >= 11 is 1.28. The minimum atomic E-state index is -0.129. The second-order valence-corrected chi connectivity index (χ2v) is 7.49. The van der Waals surface area contributed by atoms with E-state index in [1.807, 2.05) is 38.1 Å². The van der Waals surface area contributed by atoms with Crippen LogP contribution < -0.4 is 10.6 Å². The second-order valence-electron chi connectivity index (χ2n) is 6.40. The molecule has 0 saturated carbocycles. The van der Waals surface area contributed by atoms with Crippen LogP contribution in [-0.4, -0.2) is 23.3 Å². The van der Waals surface area contributed by atoms with E-state index in [1.54, 1.807) is 6.92 Å². The molecule has 0 aliphatic heterocycles. The predicted octanol–water partition coefficient (Wildman–Crippen LogP) is 3.58. The van der Waals surface area contributed by atoms with Crippen molar-refractivity contribution in [2.24, 2.45) is 5.92 Å². The molecule has 0 fully saturated rings. The Bertz CT molecular complexity index is 753. The third kappa shape index (κ3) is 5.67. The number of hydrogen-bond acceptors (Lipinski definition) is 4. The first-order valence-electron chi connectivity index (χ1n) is 8.52. The van der Waals surface area contributed by atoms with Gasteiger partial charge in [-0.25, -0.2) is 4.98 Å². The van der Waals surface area contributed by atoms with E-state index in [1.165, 1.54) is 16.9 Å². The minimum Gasteiger partial charge on any atom is -0.351 e. The highest BCUT2D eigenvalue weighted by atomic mass is 32.1. The molecule has 1 aromatic heterocycles. The van der Waals surface area contributed by atoms with Crippen LogP contribution in [0.15, 0.2) is 24.3 Å². The van der Waals surface area contributed by atoms with Crippen LogP contribution in [0.4, 0.5) is 5.69 Å². The summed E-state index contributed by atoms with van der Waals surface area (Å²) in [6.45, 7) is 8.59. The summed E-state index contributed by atoms with van der Waals surface area (Å²) in [4.78, 5) is 29.4. The Labute approximate surface area is 152 Å². The van der Waals surface area contributed by atoms with Crippen LogP contribution in [0.25, 0.3) is 0 Å². The van der Waals surface area contributed by atoms with Gasteiger partial charge in [-0.05, 0) is 37.0 Å². The Balaban J connectivity index is 1.99. The number of thiazole rings is 1. The topological polar surface area (TPSA) is 71.1 Å². The largest absolute Gasteiger partial charge is 0.351 e. The molecule has 0 aliphatic carbocycles. The third-order valence-corrected chi connectivity index (χ3v) is 4.80. The van der Waals surface area contributed by atoms with Crippen molar-refractivity contribution in [2.45, 2.75) is 40.5 Å². The lowest BCUT2D eigenvalue weighted by atomic mass is 10.1. The monoisotopic (exact) mass is 359 g/mol. The van der Waals surface area contributed by atoms with Crippen LogP contribution in [0.3, 0.4) is 0 Å². The normalized spacial score (nSPS) is 10.8. The van der Waals surface area contributed by atoms with E-state index >= 15 is 0 Å². The Morgan fingerprint density at radius 3 is 2.72 bits per heavy atom. The molecule has 2 rings (SSSR count). The van der Waals surface area contributed by atoms with Crippen LogP contribution in [0.2, 0.25) is 0 Å². The molecule has 0 unspecified atom stereocenters. The molecule has 1 heterocycles. The summed E-state index contributed by atoms with van der Waals surface area (Å²) in [5, 5.41) is 6.43. The first-order chi connectivity index (χ1) is 11.9. The number of aryl methyl sites for hydroxylation is 2. The molecule has 0 atom stereocenters. The van der Waals surface area contributed by atoms with Crippen LogP contribution in [0.1, 0.15) is 46.7 Å². The number of rotatable bonds is 7. The zero-order valence-corrected chi connectivity index (χ0v) is 16.0. The molecule has 6 heteroatoms. The maximum absolute atomic E-state index is 12.2. The highest BCUT2D eigenvalue weighted by molar-refractivity contribution is 7.13. The van der Waals surface area contributed by atoms with Crippen molar-refractivity contribution in [1.82, 2.24) is 10.3 Å². The lowest BCUT2D eigenvalue weighted by Crippen LogP contribution is -2.27. The van der Waals surface area contributed by atoms with Gasteiger partial charge in [0.25, 0.3) is 5.91 Å². The summed E-state index contributed by atoms with van der Waals surface area (Å²) < 4.78 is 0. The number of nitrogens with one attached hydrogen (secondary N) is 2. The number of anilines is 1. The van der Waals surface area contributed by atoms with E-state index in [4.69, 9.17) is 0 Å². The van der Waals surface area contributed by atoms with E-state index in [-0.39, 0.29) is 18.2 Å². The molecule has 0 aliphatic rings. The molecule has 2 N–H and O–H groups in total. The van der Waals surface area contributed by atoms with E-state index in [9.17, 15) is 9.59 Å². The van der Waals surface area contributed by atoms with Gasteiger partial charge in [0.15, 0.2) is 0 Å². The van der Waals surface area contributed by atoms with Gasteiger partial charge in [0.1, 0.15) is 9.88 Å². The number of amides is 2. The number of hydrogen-bond donors (Lipinski definition) is 2. The fourth-order valence-electron chi connectivity index (χ4n) is 2.33. The predicted molar refractivity (Wildman–Crippen MR) is 102 cm³/mol. The molecule has 0 saturated heterocycles. The van der Waals surface area contributed by atoms with Crippen LogP contribution in [-0.2, 0) is 17.6 Å². The van der Waals surface area contributed by atoms with Crippen molar-refractivity contribution in [3.8, 4) is 0 Å². The molecular weight excluding hydrogens is 334 g/mol. The van der Waals surface area contributed by atoms with Crippen LogP contribution in [0, 0.1) is 12.8 Å². The molecule has 134 valence electrons. The maximum atomic E-state index is 12.2. The molecular formula is C19H25N3O2S. The van der Waals surface area contributed by atoms with Crippen molar-refractivity contribution in [3.63, 3.8) is 0 Å². The molecule has 25 heavy (non-hydrogen) atoms. The number of benzene rings is 1. The van der Waals surface area contributed by atoms with E-state index in [2.05, 4.69) is 22.5 Å². The van der Waals surface area contributed by atoms with E-state index < -0.39 is 0 Å². The Kier molecular flexibility index (Phi) is 6.70. The van der Waals surface area contributed by atoms with Gasteiger partial charge in [-0.3, -0.25) is 9.59 Å². The summed E-state index contributed by atoms with van der Waals surface area (Å²) in [7, 11) is 0. The molecule has 2 aromatic rings. The van der Waals surface area contributed by atoms with Crippen molar-refractivity contribution in [2.75, 3.05) is 11.9 Å². The molecule has 0 spiro atoms. The highest BCUT2D eigenvalue weighted by Crippen LogP contribution is 2.19. The first-order valence-corrected chi connectivity index (χ1v) is 9.34. The Morgan fingerprint density at radius 1 is 1.28 bits per heavy atom. The lowest BCUT2D eigenvalue weighted by molar-refractivity contribution is -0.115. The Morgan fingerprint density at radius 2 is 2.04 bits per heavy atom. The van der Waals surface area contributed by atoms with Gasteiger partial charge in [0.05, 0.1) is 12.1 Å². The molecule has 0 radical (unpaired) electrons. The van der Waals surface area contributed by atoms with Gasteiger partial charge in [-0.2, -0.15) is 0 Å². The minimum absolute atomic E-state index is 0.119. The molecule has 0 bridgehead atoms. The zero-order valence-electron chi connectivity index (χ0n) is 15.2. The molecule has 2 amide bonds. The van der Waals surface area contributed by atoms with Crippen molar-refractivity contribution >= 4 is 28.8 Å². The van der Waals surface area contributed by atoms with Gasteiger partial charge in [0, 0.05) is 12.2 Å². The molecule has 5 nitrogen and oxygen atoms in total. The van der Waals surface area contributed by atoms with Gasteiger partial charge < -0.3 is 10.6 Å². The smallest absolute Gasteiger partial charge is 0.263 e. The zero-order chi connectivity index (χ0) is 18.4. The van der Waals surface area contributed by atoms with Crippen LogP contribution in [0.5, 0.6) is 0 Å². The summed E-state index contributed by atoms with van der Waals surface area (Å²) in [5.41, 5.74) is 2.63. The van der Waals surface area contributed by atoms with E-state index in [0.29, 0.717) is 28.0 Å². The maximum Gasteiger partial charge on any atom is 0.263 e. The second kappa shape index (κ2) is 8.76. The number of carbonyl (C=O) groups excluding carboxylic acids is 2.